The van der Waals surface area contributed by atoms with Crippen molar-refractivity contribution in [1.82, 2.24) is 9.55 Å². The van der Waals surface area contributed by atoms with Gasteiger partial charge in [-0.2, -0.15) is 0 Å². The van der Waals surface area contributed by atoms with Gasteiger partial charge in [-0.1, -0.05) is 32.9 Å². The summed E-state index contributed by atoms with van der Waals surface area (Å²) in [5.74, 6) is 0.151. The molecule has 4 heteroatoms. The van der Waals surface area contributed by atoms with Crippen LogP contribution in [0.3, 0.4) is 0 Å². The Balaban J connectivity index is 2.54. The molecule has 0 unspecified atom stereocenters. The highest BCUT2D eigenvalue weighted by atomic mass is 16.4. The van der Waals surface area contributed by atoms with Crippen LogP contribution in [0.25, 0.3) is 11.0 Å². The zero-order valence-electron chi connectivity index (χ0n) is 11.0. The quantitative estimate of drug-likeness (QED) is 0.906. The lowest BCUT2D eigenvalue weighted by Crippen LogP contribution is -2.20. The van der Waals surface area contributed by atoms with Gasteiger partial charge < -0.3 is 9.67 Å². The molecular formula is C14H18N2O2. The SMILES string of the molecule is CC(C)(C)c1nc2ccccc2n1CCC(=O)O. The standard InChI is InChI=1S/C14H18N2O2/c1-14(2,3)13-15-10-6-4-5-7-11(10)16(13)9-8-12(17)18/h4-7H,8-9H2,1-3H3,(H,17,18). The van der Waals surface area contributed by atoms with E-state index in [4.69, 9.17) is 5.11 Å². The summed E-state index contributed by atoms with van der Waals surface area (Å²) >= 11 is 0. The van der Waals surface area contributed by atoms with E-state index >= 15 is 0 Å². The maximum Gasteiger partial charge on any atom is 0.305 e. The van der Waals surface area contributed by atoms with E-state index in [9.17, 15) is 4.79 Å². The zero-order valence-corrected chi connectivity index (χ0v) is 11.0. The number of carboxylic acids is 1. The highest BCUT2D eigenvalue weighted by molar-refractivity contribution is 5.76. The van der Waals surface area contributed by atoms with Gasteiger partial charge in [0.15, 0.2) is 0 Å². The molecule has 1 heterocycles. The molecule has 0 spiro atoms. The first-order chi connectivity index (χ1) is 8.39. The fourth-order valence-electron chi connectivity index (χ4n) is 2.08. The Morgan fingerprint density at radius 1 is 1.33 bits per heavy atom. The van der Waals surface area contributed by atoms with E-state index in [2.05, 4.69) is 25.8 Å². The minimum Gasteiger partial charge on any atom is -0.481 e. The molecule has 0 saturated carbocycles. The van der Waals surface area contributed by atoms with E-state index in [0.29, 0.717) is 6.54 Å². The number of fused-ring (bicyclic) bond motifs is 1. The van der Waals surface area contributed by atoms with E-state index in [1.807, 2.05) is 28.8 Å². The Bertz CT molecular complexity index is 579. The van der Waals surface area contributed by atoms with E-state index in [1.54, 1.807) is 0 Å². The Morgan fingerprint density at radius 3 is 2.61 bits per heavy atom. The summed E-state index contributed by atoms with van der Waals surface area (Å²) in [6, 6.07) is 7.85. The second-order valence-electron chi connectivity index (χ2n) is 5.47. The molecule has 1 N–H and O–H groups in total. The Morgan fingerprint density at radius 2 is 2.00 bits per heavy atom. The molecule has 0 aliphatic heterocycles. The summed E-state index contributed by atoms with van der Waals surface area (Å²) in [4.78, 5) is 15.4. The number of aromatic nitrogens is 2. The van der Waals surface area contributed by atoms with Gasteiger partial charge in [0.05, 0.1) is 17.5 Å². The molecule has 4 nitrogen and oxygen atoms in total. The molecule has 18 heavy (non-hydrogen) atoms. The number of benzene rings is 1. The minimum absolute atomic E-state index is 0.0997. The topological polar surface area (TPSA) is 55.1 Å². The summed E-state index contributed by atoms with van der Waals surface area (Å²) in [6.45, 7) is 6.73. The van der Waals surface area contributed by atoms with E-state index < -0.39 is 5.97 Å². The Labute approximate surface area is 106 Å². The molecule has 96 valence electrons. The number of carbonyl (C=O) groups is 1. The molecule has 0 fully saturated rings. The predicted octanol–water partition coefficient (Wildman–Crippen LogP) is 2.81. The summed E-state index contributed by atoms with van der Waals surface area (Å²) < 4.78 is 2.02. The van der Waals surface area contributed by atoms with Crippen molar-refractivity contribution in [2.24, 2.45) is 0 Å². The lowest BCUT2D eigenvalue weighted by atomic mass is 9.95. The third-order valence-electron chi connectivity index (χ3n) is 2.87. The third-order valence-corrected chi connectivity index (χ3v) is 2.87. The van der Waals surface area contributed by atoms with Gasteiger partial charge >= 0.3 is 5.97 Å². The molecule has 0 radical (unpaired) electrons. The van der Waals surface area contributed by atoms with Crippen LogP contribution in [0.1, 0.15) is 33.0 Å². The summed E-state index contributed by atoms with van der Waals surface area (Å²) in [5.41, 5.74) is 1.83. The number of aliphatic carboxylic acids is 1. The van der Waals surface area contributed by atoms with Crippen LogP contribution in [0.5, 0.6) is 0 Å². The van der Waals surface area contributed by atoms with Crippen LogP contribution in [0.2, 0.25) is 0 Å². The molecular weight excluding hydrogens is 228 g/mol. The van der Waals surface area contributed by atoms with Crippen LogP contribution in [-0.4, -0.2) is 20.6 Å². The molecule has 2 rings (SSSR count). The number of hydrogen-bond donors (Lipinski definition) is 1. The number of carboxylic acid groups (broad SMARTS) is 1. The number of aryl methyl sites for hydroxylation is 1. The number of nitrogens with zero attached hydrogens (tertiary/aromatic N) is 2. The fourth-order valence-corrected chi connectivity index (χ4v) is 2.08. The van der Waals surface area contributed by atoms with Gasteiger partial charge in [-0.15, -0.1) is 0 Å². The van der Waals surface area contributed by atoms with Crippen LogP contribution in [0.15, 0.2) is 24.3 Å². The highest BCUT2D eigenvalue weighted by Gasteiger charge is 2.22. The molecule has 0 aliphatic carbocycles. The van der Waals surface area contributed by atoms with Crippen molar-refractivity contribution >= 4 is 17.0 Å². The molecule has 0 saturated heterocycles. The summed E-state index contributed by atoms with van der Waals surface area (Å²) in [6.07, 6.45) is 0.115. The van der Waals surface area contributed by atoms with Gasteiger partial charge in [-0.3, -0.25) is 4.79 Å². The van der Waals surface area contributed by atoms with Crippen molar-refractivity contribution in [3.63, 3.8) is 0 Å². The average molecular weight is 246 g/mol. The molecule has 2 aromatic rings. The molecule has 0 bridgehead atoms. The average Bonchev–Trinajstić information content (AvgIpc) is 2.64. The van der Waals surface area contributed by atoms with Gasteiger partial charge in [-0.25, -0.2) is 4.98 Å². The second-order valence-corrected chi connectivity index (χ2v) is 5.47. The van der Waals surface area contributed by atoms with Gasteiger partial charge in [0.2, 0.25) is 0 Å². The molecule has 1 aromatic heterocycles. The molecule has 0 aliphatic rings. The normalized spacial score (nSPS) is 11.9. The van der Waals surface area contributed by atoms with E-state index in [0.717, 1.165) is 16.9 Å². The first-order valence-electron chi connectivity index (χ1n) is 6.07. The van der Waals surface area contributed by atoms with Gasteiger partial charge in [0, 0.05) is 12.0 Å². The first-order valence-corrected chi connectivity index (χ1v) is 6.07. The Hall–Kier alpha value is -1.84. The van der Waals surface area contributed by atoms with Crippen LogP contribution < -0.4 is 0 Å². The number of para-hydroxylation sites is 2. The highest BCUT2D eigenvalue weighted by Crippen LogP contribution is 2.26. The van der Waals surface area contributed by atoms with Crippen molar-refractivity contribution in [3.05, 3.63) is 30.1 Å². The minimum atomic E-state index is -0.785. The smallest absolute Gasteiger partial charge is 0.305 e. The van der Waals surface area contributed by atoms with Crippen LogP contribution in [0.4, 0.5) is 0 Å². The maximum atomic E-state index is 10.8. The maximum absolute atomic E-state index is 10.8. The number of imidazole rings is 1. The van der Waals surface area contributed by atoms with Crippen molar-refractivity contribution in [3.8, 4) is 0 Å². The fraction of sp³-hybridized carbons (Fsp3) is 0.429. The molecule has 0 atom stereocenters. The van der Waals surface area contributed by atoms with Crippen molar-refractivity contribution in [1.29, 1.82) is 0 Å². The summed E-state index contributed by atoms with van der Waals surface area (Å²) in [5, 5.41) is 8.84. The van der Waals surface area contributed by atoms with Crippen molar-refractivity contribution in [2.45, 2.75) is 39.2 Å². The van der Waals surface area contributed by atoms with Gasteiger partial charge in [0.1, 0.15) is 5.82 Å². The van der Waals surface area contributed by atoms with Gasteiger partial charge in [0.25, 0.3) is 0 Å². The lowest BCUT2D eigenvalue weighted by Gasteiger charge is -2.19. The van der Waals surface area contributed by atoms with E-state index in [-0.39, 0.29) is 11.8 Å². The van der Waals surface area contributed by atoms with E-state index in [1.165, 1.54) is 0 Å². The lowest BCUT2D eigenvalue weighted by molar-refractivity contribution is -0.137. The first kappa shape index (κ1) is 12.6. The summed E-state index contributed by atoms with van der Waals surface area (Å²) in [7, 11) is 0. The Kier molecular flexibility index (Phi) is 3.11. The molecule has 0 amide bonds. The monoisotopic (exact) mass is 246 g/mol. The molecule has 1 aromatic carbocycles. The second kappa shape index (κ2) is 4.44. The number of hydrogen-bond acceptors (Lipinski definition) is 2. The third kappa shape index (κ3) is 2.37. The van der Waals surface area contributed by atoms with Crippen molar-refractivity contribution < 1.29 is 9.90 Å². The van der Waals surface area contributed by atoms with Crippen molar-refractivity contribution in [2.75, 3.05) is 0 Å². The van der Waals surface area contributed by atoms with Crippen LogP contribution >= 0.6 is 0 Å². The zero-order chi connectivity index (χ0) is 13.3. The number of rotatable bonds is 3. The predicted molar refractivity (Wildman–Crippen MR) is 70.7 cm³/mol. The van der Waals surface area contributed by atoms with Crippen LogP contribution in [-0.2, 0) is 16.8 Å². The largest absolute Gasteiger partial charge is 0.481 e. The van der Waals surface area contributed by atoms with Gasteiger partial charge in [-0.05, 0) is 12.1 Å². The van der Waals surface area contributed by atoms with Crippen LogP contribution in [0, 0.1) is 0 Å².